The van der Waals surface area contributed by atoms with Gasteiger partial charge in [-0.3, -0.25) is 0 Å². The molecular weight excluding hydrogens is 434 g/mol. The van der Waals surface area contributed by atoms with Crippen molar-refractivity contribution < 1.29 is 8.78 Å². The molecule has 2 bridgehead atoms. The van der Waals surface area contributed by atoms with Crippen LogP contribution >= 0.6 is 0 Å². The normalized spacial score (nSPS) is 24.2. The van der Waals surface area contributed by atoms with E-state index in [-0.39, 0.29) is 22.6 Å². The van der Waals surface area contributed by atoms with Crippen molar-refractivity contribution in [2.45, 2.75) is 57.8 Å². The Hall–Kier alpha value is -3.42. The summed E-state index contributed by atoms with van der Waals surface area (Å²) in [4.78, 5) is 9.46. The van der Waals surface area contributed by atoms with E-state index in [0.29, 0.717) is 12.2 Å². The number of nitrogens with zero attached hydrogens (tertiary/aromatic N) is 6. The Morgan fingerprint density at radius 1 is 1.06 bits per heavy atom. The van der Waals surface area contributed by atoms with Crippen LogP contribution in [0.25, 0.3) is 11.3 Å². The Balaban J connectivity index is 1.47. The SMILES string of the molecule is CCC1=NN=C(c2nccc([C@@]34CC[C@@H](c5cc(-c6c(F)cccc6F)nnc53)C4(C)C)n2)C1. The quantitative estimate of drug-likeness (QED) is 0.526. The smallest absolute Gasteiger partial charge is 0.176 e. The van der Waals surface area contributed by atoms with Crippen LogP contribution in [0.1, 0.15) is 75.1 Å². The molecule has 6 nitrogen and oxygen atoms in total. The lowest BCUT2D eigenvalue weighted by atomic mass is 9.66. The zero-order valence-electron chi connectivity index (χ0n) is 19.3. The van der Waals surface area contributed by atoms with E-state index in [9.17, 15) is 8.78 Å². The van der Waals surface area contributed by atoms with E-state index in [1.165, 1.54) is 18.2 Å². The van der Waals surface area contributed by atoms with Gasteiger partial charge in [-0.15, -0.1) is 5.10 Å². The average molecular weight is 459 g/mol. The first-order valence-electron chi connectivity index (χ1n) is 11.7. The van der Waals surface area contributed by atoms with Crippen LogP contribution in [0.3, 0.4) is 0 Å². The molecule has 0 saturated heterocycles. The van der Waals surface area contributed by atoms with Gasteiger partial charge in [-0.05, 0) is 60.4 Å². The van der Waals surface area contributed by atoms with E-state index in [1.807, 2.05) is 12.1 Å². The molecule has 2 aliphatic carbocycles. The summed E-state index contributed by atoms with van der Waals surface area (Å²) in [6, 6.07) is 7.61. The van der Waals surface area contributed by atoms with Crippen molar-refractivity contribution in [2.75, 3.05) is 0 Å². The van der Waals surface area contributed by atoms with E-state index >= 15 is 0 Å². The fourth-order valence-electron chi connectivity index (χ4n) is 6.21. The summed E-state index contributed by atoms with van der Waals surface area (Å²) in [6.07, 6.45) is 5.09. The van der Waals surface area contributed by atoms with Crippen LogP contribution in [0, 0.1) is 17.0 Å². The lowest BCUT2D eigenvalue weighted by Crippen LogP contribution is -2.38. The first-order valence-corrected chi connectivity index (χ1v) is 11.7. The lowest BCUT2D eigenvalue weighted by Gasteiger charge is -2.37. The second-order valence-electron chi connectivity index (χ2n) is 9.86. The van der Waals surface area contributed by atoms with Gasteiger partial charge in [0.25, 0.3) is 0 Å². The van der Waals surface area contributed by atoms with Gasteiger partial charge in [0.15, 0.2) is 5.82 Å². The molecule has 0 amide bonds. The van der Waals surface area contributed by atoms with Gasteiger partial charge in [-0.25, -0.2) is 18.7 Å². The van der Waals surface area contributed by atoms with Crippen LogP contribution in [0.2, 0.25) is 0 Å². The van der Waals surface area contributed by atoms with Crippen molar-refractivity contribution in [1.82, 2.24) is 20.2 Å². The molecule has 2 aromatic heterocycles. The first-order chi connectivity index (χ1) is 16.4. The minimum absolute atomic E-state index is 0.136. The van der Waals surface area contributed by atoms with Gasteiger partial charge in [0.1, 0.15) is 17.3 Å². The number of halogens is 2. The van der Waals surface area contributed by atoms with Gasteiger partial charge in [0.05, 0.1) is 28.1 Å². The predicted octanol–water partition coefficient (Wildman–Crippen LogP) is 5.37. The highest BCUT2D eigenvalue weighted by Gasteiger charge is 2.65. The van der Waals surface area contributed by atoms with Crippen LogP contribution in [0.5, 0.6) is 0 Å². The van der Waals surface area contributed by atoms with Crippen molar-refractivity contribution in [3.8, 4) is 11.3 Å². The molecule has 3 aromatic rings. The lowest BCUT2D eigenvalue weighted by molar-refractivity contribution is 0.242. The van der Waals surface area contributed by atoms with Gasteiger partial charge in [-0.2, -0.15) is 15.3 Å². The number of rotatable bonds is 4. The molecule has 1 saturated carbocycles. The highest BCUT2D eigenvalue weighted by molar-refractivity contribution is 6.13. The standard InChI is InChI=1S/C26H24F2N6/c1-4-14-12-20(33-31-14)24-29-11-9-21(30-24)26-10-8-16(25(26,2)3)15-13-19(32-34-23(15)26)22-17(27)6-5-7-18(22)28/h5-7,9,11,13,16H,4,8,10,12H2,1-3H3/t16-,26-/m0/s1. The van der Waals surface area contributed by atoms with E-state index in [1.54, 1.807) is 6.20 Å². The Labute approximate surface area is 196 Å². The summed E-state index contributed by atoms with van der Waals surface area (Å²) in [5.74, 6) is -0.510. The van der Waals surface area contributed by atoms with Crippen molar-refractivity contribution >= 4 is 11.4 Å². The number of benzene rings is 1. The van der Waals surface area contributed by atoms with Crippen molar-refractivity contribution in [3.63, 3.8) is 0 Å². The average Bonchev–Trinajstić information content (AvgIpc) is 3.47. The largest absolute Gasteiger partial charge is 0.235 e. The molecule has 8 heteroatoms. The van der Waals surface area contributed by atoms with Crippen LogP contribution in [-0.2, 0) is 5.41 Å². The summed E-state index contributed by atoms with van der Waals surface area (Å²) in [5, 5.41) is 17.5. The molecule has 3 heterocycles. The molecule has 1 fully saturated rings. The summed E-state index contributed by atoms with van der Waals surface area (Å²) < 4.78 is 28.9. The molecule has 2 atom stereocenters. The number of fused-ring (bicyclic) bond motifs is 5. The number of hydrogen-bond donors (Lipinski definition) is 0. The fourth-order valence-corrected chi connectivity index (χ4v) is 6.21. The van der Waals surface area contributed by atoms with E-state index in [0.717, 1.165) is 47.6 Å². The minimum Gasteiger partial charge on any atom is -0.235 e. The maximum Gasteiger partial charge on any atom is 0.176 e. The third-order valence-electron chi connectivity index (χ3n) is 8.04. The van der Waals surface area contributed by atoms with E-state index in [4.69, 9.17) is 4.98 Å². The van der Waals surface area contributed by atoms with Gasteiger partial charge in [0, 0.05) is 18.3 Å². The van der Waals surface area contributed by atoms with Crippen LogP contribution in [0.15, 0.2) is 46.7 Å². The fraction of sp³-hybridized carbons (Fsp3) is 0.385. The molecule has 0 radical (unpaired) electrons. The monoisotopic (exact) mass is 458 g/mol. The molecule has 34 heavy (non-hydrogen) atoms. The van der Waals surface area contributed by atoms with Gasteiger partial charge >= 0.3 is 0 Å². The number of aromatic nitrogens is 4. The Morgan fingerprint density at radius 2 is 1.85 bits per heavy atom. The Morgan fingerprint density at radius 3 is 2.59 bits per heavy atom. The Bertz CT molecular complexity index is 1380. The summed E-state index contributed by atoms with van der Waals surface area (Å²) in [7, 11) is 0. The molecule has 0 unspecified atom stereocenters. The third-order valence-corrected chi connectivity index (χ3v) is 8.04. The summed E-state index contributed by atoms with van der Waals surface area (Å²) in [5.41, 5.74) is 3.95. The van der Waals surface area contributed by atoms with E-state index < -0.39 is 17.0 Å². The number of hydrogen-bond acceptors (Lipinski definition) is 6. The first kappa shape index (κ1) is 21.1. The second kappa shape index (κ2) is 7.29. The zero-order chi connectivity index (χ0) is 23.7. The van der Waals surface area contributed by atoms with Crippen LogP contribution in [0.4, 0.5) is 8.78 Å². The van der Waals surface area contributed by atoms with Crippen molar-refractivity contribution in [2.24, 2.45) is 15.6 Å². The molecule has 0 spiro atoms. The van der Waals surface area contributed by atoms with Crippen molar-refractivity contribution in [1.29, 1.82) is 0 Å². The minimum atomic E-state index is -0.641. The van der Waals surface area contributed by atoms with Gasteiger partial charge in [-0.1, -0.05) is 26.8 Å². The highest BCUT2D eigenvalue weighted by atomic mass is 19.1. The Kier molecular flexibility index (Phi) is 4.53. The topological polar surface area (TPSA) is 76.3 Å². The summed E-state index contributed by atoms with van der Waals surface area (Å²) in [6.45, 7) is 6.51. The molecule has 172 valence electrons. The van der Waals surface area contributed by atoms with Gasteiger partial charge in [0.2, 0.25) is 0 Å². The van der Waals surface area contributed by atoms with Crippen molar-refractivity contribution in [3.05, 3.63) is 70.9 Å². The van der Waals surface area contributed by atoms with E-state index in [2.05, 4.69) is 46.2 Å². The molecule has 1 aromatic carbocycles. The van der Waals surface area contributed by atoms with Gasteiger partial charge < -0.3 is 0 Å². The molecule has 6 rings (SSSR count). The molecular formula is C26H24F2N6. The maximum atomic E-state index is 14.5. The third kappa shape index (κ3) is 2.71. The van der Waals surface area contributed by atoms with Crippen LogP contribution < -0.4 is 0 Å². The summed E-state index contributed by atoms with van der Waals surface area (Å²) >= 11 is 0. The molecule has 1 aliphatic heterocycles. The second-order valence-corrected chi connectivity index (χ2v) is 9.86. The zero-order valence-corrected chi connectivity index (χ0v) is 19.3. The predicted molar refractivity (Wildman–Crippen MR) is 125 cm³/mol. The molecule has 0 N–H and O–H groups in total. The highest BCUT2D eigenvalue weighted by Crippen LogP contribution is 2.69. The maximum absolute atomic E-state index is 14.5. The van der Waals surface area contributed by atoms with Crippen LogP contribution in [-0.4, -0.2) is 31.6 Å². The molecule has 3 aliphatic rings.